The third-order valence-corrected chi connectivity index (χ3v) is 4.90. The number of aromatic nitrogens is 1. The van der Waals surface area contributed by atoms with Crippen molar-refractivity contribution in [1.29, 1.82) is 0 Å². The van der Waals surface area contributed by atoms with Gasteiger partial charge in [0.1, 0.15) is 0 Å². The van der Waals surface area contributed by atoms with Gasteiger partial charge in [0.05, 0.1) is 16.0 Å². The van der Waals surface area contributed by atoms with Crippen molar-refractivity contribution in [2.75, 3.05) is 11.1 Å². The number of amides is 1. The number of carbonyl (C=O) groups is 1. The maximum absolute atomic E-state index is 12.0. The van der Waals surface area contributed by atoms with Gasteiger partial charge >= 0.3 is 0 Å². The maximum atomic E-state index is 12.0. The number of rotatable bonds is 4. The molecule has 106 valence electrons. The van der Waals surface area contributed by atoms with Gasteiger partial charge in [-0.25, -0.2) is 4.98 Å². The summed E-state index contributed by atoms with van der Waals surface area (Å²) in [7, 11) is 0. The van der Waals surface area contributed by atoms with Crippen molar-refractivity contribution in [1.82, 2.24) is 4.98 Å². The molecule has 3 nitrogen and oxygen atoms in total. The SMILES string of the molecule is Cc1ccc(SCC(=O)Nc2nc3ccccc3s2)cc1. The van der Waals surface area contributed by atoms with Crippen LogP contribution in [0, 0.1) is 6.92 Å². The number of para-hydroxylation sites is 1. The van der Waals surface area contributed by atoms with Crippen molar-refractivity contribution in [2.45, 2.75) is 11.8 Å². The highest BCUT2D eigenvalue weighted by Gasteiger charge is 2.08. The summed E-state index contributed by atoms with van der Waals surface area (Å²) < 4.78 is 1.08. The molecule has 3 aromatic rings. The second-order valence-electron chi connectivity index (χ2n) is 4.64. The van der Waals surface area contributed by atoms with Crippen molar-refractivity contribution in [3.63, 3.8) is 0 Å². The summed E-state index contributed by atoms with van der Waals surface area (Å²) in [5.41, 5.74) is 2.14. The molecule has 0 aliphatic heterocycles. The van der Waals surface area contributed by atoms with Crippen molar-refractivity contribution in [3.8, 4) is 0 Å². The van der Waals surface area contributed by atoms with E-state index in [9.17, 15) is 4.79 Å². The number of hydrogen-bond acceptors (Lipinski definition) is 4. The van der Waals surface area contributed by atoms with Crippen molar-refractivity contribution in [3.05, 3.63) is 54.1 Å². The Balaban J connectivity index is 1.59. The average molecular weight is 314 g/mol. The Morgan fingerprint density at radius 2 is 1.95 bits per heavy atom. The van der Waals surface area contributed by atoms with Crippen LogP contribution in [0.25, 0.3) is 10.2 Å². The second-order valence-corrected chi connectivity index (χ2v) is 6.72. The van der Waals surface area contributed by atoms with Gasteiger partial charge in [-0.3, -0.25) is 4.79 Å². The largest absolute Gasteiger partial charge is 0.301 e. The minimum Gasteiger partial charge on any atom is -0.301 e. The molecule has 0 spiro atoms. The predicted octanol–water partition coefficient (Wildman–Crippen LogP) is 4.34. The molecule has 1 N–H and O–H groups in total. The molecule has 21 heavy (non-hydrogen) atoms. The van der Waals surface area contributed by atoms with E-state index in [1.54, 1.807) is 0 Å². The number of hydrogen-bond donors (Lipinski definition) is 1. The first-order valence-electron chi connectivity index (χ1n) is 6.55. The number of nitrogens with one attached hydrogen (secondary N) is 1. The number of carbonyl (C=O) groups excluding carboxylic acids is 1. The van der Waals surface area contributed by atoms with E-state index in [2.05, 4.69) is 10.3 Å². The lowest BCUT2D eigenvalue weighted by atomic mass is 10.2. The number of aryl methyl sites for hydroxylation is 1. The molecule has 0 atom stereocenters. The quantitative estimate of drug-likeness (QED) is 0.729. The Kier molecular flexibility index (Phi) is 4.22. The molecule has 0 radical (unpaired) electrons. The molecular formula is C16H14N2OS2. The highest BCUT2D eigenvalue weighted by Crippen LogP contribution is 2.26. The third kappa shape index (κ3) is 3.62. The summed E-state index contributed by atoms with van der Waals surface area (Å²) >= 11 is 3.03. The summed E-state index contributed by atoms with van der Waals surface area (Å²) in [6.07, 6.45) is 0. The number of thioether (sulfide) groups is 1. The molecular weight excluding hydrogens is 300 g/mol. The number of thiazole rings is 1. The molecule has 0 saturated carbocycles. The van der Waals surface area contributed by atoms with E-state index in [0.29, 0.717) is 10.9 Å². The van der Waals surface area contributed by atoms with Crippen LogP contribution >= 0.6 is 23.1 Å². The molecule has 5 heteroatoms. The van der Waals surface area contributed by atoms with E-state index in [4.69, 9.17) is 0 Å². The van der Waals surface area contributed by atoms with Gasteiger partial charge in [0.25, 0.3) is 0 Å². The molecule has 0 unspecified atom stereocenters. The van der Waals surface area contributed by atoms with Crippen LogP contribution in [-0.2, 0) is 4.79 Å². The van der Waals surface area contributed by atoms with Gasteiger partial charge in [-0.15, -0.1) is 11.8 Å². The van der Waals surface area contributed by atoms with Gasteiger partial charge in [0.2, 0.25) is 5.91 Å². The van der Waals surface area contributed by atoms with Gasteiger partial charge in [-0.2, -0.15) is 0 Å². The monoisotopic (exact) mass is 314 g/mol. The van der Waals surface area contributed by atoms with E-state index >= 15 is 0 Å². The lowest BCUT2D eigenvalue weighted by Gasteiger charge is -2.02. The lowest BCUT2D eigenvalue weighted by molar-refractivity contribution is -0.113. The van der Waals surface area contributed by atoms with Gasteiger partial charge in [0.15, 0.2) is 5.13 Å². The average Bonchev–Trinajstić information content (AvgIpc) is 2.88. The minimum atomic E-state index is -0.0281. The van der Waals surface area contributed by atoms with E-state index in [-0.39, 0.29) is 5.91 Å². The van der Waals surface area contributed by atoms with Crippen LogP contribution in [0.3, 0.4) is 0 Å². The van der Waals surface area contributed by atoms with Crippen LogP contribution < -0.4 is 5.32 Å². The second kappa shape index (κ2) is 6.28. The fourth-order valence-electron chi connectivity index (χ4n) is 1.86. The van der Waals surface area contributed by atoms with Gasteiger partial charge < -0.3 is 5.32 Å². The standard InChI is InChI=1S/C16H14N2OS2/c1-11-6-8-12(9-7-11)20-10-15(19)18-16-17-13-4-2-3-5-14(13)21-16/h2-9H,10H2,1H3,(H,17,18,19). The molecule has 1 aromatic heterocycles. The summed E-state index contributed by atoms with van der Waals surface area (Å²) in [4.78, 5) is 17.5. The van der Waals surface area contributed by atoms with Crippen LogP contribution in [-0.4, -0.2) is 16.6 Å². The van der Waals surface area contributed by atoms with E-state index in [1.165, 1.54) is 28.7 Å². The maximum Gasteiger partial charge on any atom is 0.236 e. The Bertz CT molecular complexity index is 732. The number of nitrogens with zero attached hydrogens (tertiary/aromatic N) is 1. The number of fused-ring (bicyclic) bond motifs is 1. The third-order valence-electron chi connectivity index (χ3n) is 2.93. The van der Waals surface area contributed by atoms with E-state index < -0.39 is 0 Å². The Morgan fingerprint density at radius 1 is 1.19 bits per heavy atom. The summed E-state index contributed by atoms with van der Waals surface area (Å²) in [6.45, 7) is 2.05. The summed E-state index contributed by atoms with van der Waals surface area (Å²) in [5.74, 6) is 0.360. The first-order valence-corrected chi connectivity index (χ1v) is 8.36. The first kappa shape index (κ1) is 14.1. The molecule has 1 amide bonds. The fraction of sp³-hybridized carbons (Fsp3) is 0.125. The molecule has 1 heterocycles. The van der Waals surface area contributed by atoms with Crippen molar-refractivity contribution >= 4 is 44.4 Å². The highest BCUT2D eigenvalue weighted by molar-refractivity contribution is 8.00. The first-order chi connectivity index (χ1) is 10.2. The van der Waals surface area contributed by atoms with Gasteiger partial charge in [-0.05, 0) is 31.2 Å². The molecule has 0 fully saturated rings. The zero-order valence-corrected chi connectivity index (χ0v) is 13.1. The van der Waals surface area contributed by atoms with Crippen LogP contribution in [0.5, 0.6) is 0 Å². The Morgan fingerprint density at radius 3 is 2.71 bits per heavy atom. The van der Waals surface area contributed by atoms with Crippen LogP contribution in [0.4, 0.5) is 5.13 Å². The van der Waals surface area contributed by atoms with Crippen molar-refractivity contribution in [2.24, 2.45) is 0 Å². The molecule has 0 aliphatic carbocycles. The normalized spacial score (nSPS) is 10.7. The van der Waals surface area contributed by atoms with E-state index in [0.717, 1.165) is 15.1 Å². The topological polar surface area (TPSA) is 42.0 Å². The smallest absolute Gasteiger partial charge is 0.236 e. The molecule has 0 aliphatic rings. The lowest BCUT2D eigenvalue weighted by Crippen LogP contribution is -2.13. The molecule has 0 bridgehead atoms. The summed E-state index contributed by atoms with van der Waals surface area (Å²) in [6, 6.07) is 16.0. The number of anilines is 1. The minimum absolute atomic E-state index is 0.0281. The van der Waals surface area contributed by atoms with Gasteiger partial charge in [0, 0.05) is 4.90 Å². The Labute approximate surface area is 131 Å². The van der Waals surface area contributed by atoms with E-state index in [1.807, 2.05) is 55.5 Å². The highest BCUT2D eigenvalue weighted by atomic mass is 32.2. The van der Waals surface area contributed by atoms with Crippen LogP contribution in [0.15, 0.2) is 53.4 Å². The summed E-state index contributed by atoms with van der Waals surface area (Å²) in [5, 5.41) is 3.52. The molecule has 2 aromatic carbocycles. The molecule has 3 rings (SSSR count). The van der Waals surface area contributed by atoms with Crippen LogP contribution in [0.2, 0.25) is 0 Å². The fourth-order valence-corrected chi connectivity index (χ4v) is 3.44. The van der Waals surface area contributed by atoms with Crippen molar-refractivity contribution < 1.29 is 4.79 Å². The van der Waals surface area contributed by atoms with Crippen LogP contribution in [0.1, 0.15) is 5.56 Å². The predicted molar refractivity (Wildman–Crippen MR) is 90.2 cm³/mol. The zero-order chi connectivity index (χ0) is 14.7. The molecule has 0 saturated heterocycles. The number of benzene rings is 2. The zero-order valence-electron chi connectivity index (χ0n) is 11.5. The Hall–Kier alpha value is -1.85. The van der Waals surface area contributed by atoms with Gasteiger partial charge in [-0.1, -0.05) is 41.2 Å².